The number of hydrogen-bond donors (Lipinski definition) is 5. The molecule has 0 atom stereocenters. The SMILES string of the molecule is C=C(N)C(=O)OCC.O=C(O)c1cc(O)c(O)c(O)c1. The minimum Gasteiger partial charge on any atom is -0.504 e. The first-order chi connectivity index (χ1) is 9.20. The monoisotopic (exact) mass is 285 g/mol. The molecule has 0 saturated carbocycles. The number of hydrogen-bond acceptors (Lipinski definition) is 7. The molecule has 1 rings (SSSR count). The Balaban J connectivity index is 0.000000396. The van der Waals surface area contributed by atoms with Crippen LogP contribution in [0.2, 0.25) is 0 Å². The van der Waals surface area contributed by atoms with E-state index in [0.29, 0.717) is 6.61 Å². The number of rotatable bonds is 3. The minimum atomic E-state index is -1.29. The first-order valence-corrected chi connectivity index (χ1v) is 5.30. The molecule has 0 aliphatic carbocycles. The normalized spacial score (nSPS) is 9.05. The number of carboxylic acid groups (broad SMARTS) is 1. The van der Waals surface area contributed by atoms with E-state index in [0.717, 1.165) is 12.1 Å². The molecule has 0 bridgehead atoms. The van der Waals surface area contributed by atoms with Gasteiger partial charge in [0.25, 0.3) is 0 Å². The molecule has 0 heterocycles. The molecular weight excluding hydrogens is 270 g/mol. The number of esters is 1. The van der Waals surface area contributed by atoms with Gasteiger partial charge in [-0.15, -0.1) is 0 Å². The third-order valence-electron chi connectivity index (χ3n) is 1.85. The Kier molecular flexibility index (Phi) is 6.43. The molecule has 0 amide bonds. The second kappa shape index (κ2) is 7.52. The number of aromatic carboxylic acids is 1. The smallest absolute Gasteiger partial charge is 0.353 e. The summed E-state index contributed by atoms with van der Waals surface area (Å²) in [7, 11) is 0. The molecule has 1 aromatic carbocycles. The maximum atomic E-state index is 10.3. The van der Waals surface area contributed by atoms with Gasteiger partial charge in [-0.05, 0) is 19.1 Å². The molecule has 0 aliphatic rings. The van der Waals surface area contributed by atoms with E-state index >= 15 is 0 Å². The number of phenolic OH excluding ortho intramolecular Hbond substituents is 3. The molecule has 20 heavy (non-hydrogen) atoms. The van der Waals surface area contributed by atoms with Gasteiger partial charge < -0.3 is 30.9 Å². The Bertz CT molecular complexity index is 502. The van der Waals surface area contributed by atoms with E-state index in [1.807, 2.05) is 0 Å². The third kappa shape index (κ3) is 5.17. The van der Waals surface area contributed by atoms with Crippen LogP contribution in [0.1, 0.15) is 17.3 Å². The first kappa shape index (κ1) is 17.1. The zero-order valence-electron chi connectivity index (χ0n) is 10.7. The predicted octanol–water partition coefficient (Wildman–Crippen LogP) is 0.523. The lowest BCUT2D eigenvalue weighted by Gasteiger charge is -2.01. The van der Waals surface area contributed by atoms with E-state index in [4.69, 9.17) is 26.2 Å². The van der Waals surface area contributed by atoms with Crippen LogP contribution in [0.4, 0.5) is 0 Å². The van der Waals surface area contributed by atoms with Gasteiger partial charge in [0.2, 0.25) is 0 Å². The van der Waals surface area contributed by atoms with E-state index in [1.165, 1.54) is 0 Å². The number of nitrogens with two attached hydrogens (primary N) is 1. The topological polar surface area (TPSA) is 150 Å². The van der Waals surface area contributed by atoms with E-state index in [-0.39, 0.29) is 11.3 Å². The minimum absolute atomic E-state index is 0.0492. The lowest BCUT2D eigenvalue weighted by atomic mass is 10.2. The lowest BCUT2D eigenvalue weighted by Crippen LogP contribution is -2.12. The van der Waals surface area contributed by atoms with Crippen molar-refractivity contribution in [2.45, 2.75) is 6.92 Å². The van der Waals surface area contributed by atoms with Crippen LogP contribution in [0, 0.1) is 0 Å². The molecule has 110 valence electrons. The van der Waals surface area contributed by atoms with Crippen LogP contribution >= 0.6 is 0 Å². The van der Waals surface area contributed by atoms with Crippen molar-refractivity contribution in [3.8, 4) is 17.2 Å². The Morgan fingerprint density at radius 1 is 1.25 bits per heavy atom. The van der Waals surface area contributed by atoms with Gasteiger partial charge >= 0.3 is 11.9 Å². The van der Waals surface area contributed by atoms with Gasteiger partial charge in [0, 0.05) is 0 Å². The van der Waals surface area contributed by atoms with Gasteiger partial charge in [-0.25, -0.2) is 9.59 Å². The number of aromatic hydroxyl groups is 3. The molecule has 1 aromatic rings. The summed E-state index contributed by atoms with van der Waals surface area (Å²) >= 11 is 0. The van der Waals surface area contributed by atoms with Gasteiger partial charge in [-0.1, -0.05) is 6.58 Å². The van der Waals surface area contributed by atoms with Crippen LogP contribution < -0.4 is 5.73 Å². The lowest BCUT2D eigenvalue weighted by molar-refractivity contribution is -0.138. The van der Waals surface area contributed by atoms with Crippen LogP contribution in [-0.4, -0.2) is 39.0 Å². The number of carbonyl (C=O) groups is 2. The highest BCUT2D eigenvalue weighted by Gasteiger charge is 2.11. The van der Waals surface area contributed by atoms with Crippen LogP contribution in [0.25, 0.3) is 0 Å². The largest absolute Gasteiger partial charge is 0.504 e. The summed E-state index contributed by atoms with van der Waals surface area (Å²) in [6.07, 6.45) is 0. The molecule has 0 fully saturated rings. The zero-order valence-corrected chi connectivity index (χ0v) is 10.7. The Morgan fingerprint density at radius 3 is 1.95 bits per heavy atom. The summed E-state index contributed by atoms with van der Waals surface area (Å²) in [6.45, 7) is 5.23. The van der Waals surface area contributed by atoms with Crippen molar-refractivity contribution in [2.24, 2.45) is 5.73 Å². The standard InChI is InChI=1S/C7H6O5.C5H9NO2/c8-4-1-3(7(11)12)2-5(9)6(4)10;1-3-8-5(7)4(2)6/h1-2,8-10H,(H,11,12);2-3,6H2,1H3. The van der Waals surface area contributed by atoms with E-state index in [1.54, 1.807) is 6.92 Å². The summed E-state index contributed by atoms with van der Waals surface area (Å²) in [5.74, 6) is -3.87. The molecule has 0 spiro atoms. The molecule has 8 nitrogen and oxygen atoms in total. The van der Waals surface area contributed by atoms with E-state index in [9.17, 15) is 9.59 Å². The molecular formula is C12H15NO7. The Labute approximate surface area is 114 Å². The number of benzene rings is 1. The average molecular weight is 285 g/mol. The van der Waals surface area contributed by atoms with Gasteiger partial charge in [0.05, 0.1) is 12.2 Å². The average Bonchev–Trinajstić information content (AvgIpc) is 2.36. The summed E-state index contributed by atoms with van der Waals surface area (Å²) in [4.78, 5) is 20.6. The second-order valence-electron chi connectivity index (χ2n) is 3.41. The van der Waals surface area contributed by atoms with Crippen molar-refractivity contribution in [2.75, 3.05) is 6.61 Å². The van der Waals surface area contributed by atoms with E-state index < -0.39 is 29.2 Å². The van der Waals surface area contributed by atoms with Gasteiger partial charge in [-0.3, -0.25) is 0 Å². The van der Waals surface area contributed by atoms with Crippen molar-refractivity contribution >= 4 is 11.9 Å². The Morgan fingerprint density at radius 2 is 1.70 bits per heavy atom. The maximum Gasteiger partial charge on any atom is 0.353 e. The molecule has 6 N–H and O–H groups in total. The number of carbonyl (C=O) groups excluding carboxylic acids is 1. The van der Waals surface area contributed by atoms with Gasteiger partial charge in [-0.2, -0.15) is 0 Å². The van der Waals surface area contributed by atoms with Crippen molar-refractivity contribution in [3.63, 3.8) is 0 Å². The van der Waals surface area contributed by atoms with Crippen molar-refractivity contribution in [3.05, 3.63) is 30.0 Å². The number of carboxylic acids is 1. The highest BCUT2D eigenvalue weighted by molar-refractivity contribution is 5.89. The number of ether oxygens (including phenoxy) is 1. The molecule has 0 unspecified atom stereocenters. The van der Waals surface area contributed by atoms with Crippen LogP contribution in [0.15, 0.2) is 24.4 Å². The van der Waals surface area contributed by atoms with Gasteiger partial charge in [0.1, 0.15) is 5.70 Å². The zero-order chi connectivity index (χ0) is 15.9. The third-order valence-corrected chi connectivity index (χ3v) is 1.85. The van der Waals surface area contributed by atoms with Gasteiger partial charge in [0.15, 0.2) is 17.2 Å². The molecule has 0 radical (unpaired) electrons. The summed E-state index contributed by atoms with van der Waals surface area (Å²) in [5.41, 5.74) is 4.61. The fourth-order valence-electron chi connectivity index (χ4n) is 0.951. The Hall–Kier alpha value is -2.90. The molecule has 8 heteroatoms. The molecule has 0 aliphatic heterocycles. The van der Waals surface area contributed by atoms with E-state index in [2.05, 4.69) is 11.3 Å². The fraction of sp³-hybridized carbons (Fsp3) is 0.167. The summed E-state index contributed by atoms with van der Waals surface area (Å²) in [6, 6.07) is 1.69. The highest BCUT2D eigenvalue weighted by Crippen LogP contribution is 2.35. The molecule has 0 aromatic heterocycles. The quantitative estimate of drug-likeness (QED) is 0.306. The maximum absolute atomic E-state index is 10.3. The number of phenols is 3. The summed E-state index contributed by atoms with van der Waals surface area (Å²) < 4.78 is 4.44. The van der Waals surface area contributed by atoms with Crippen LogP contribution in [0.5, 0.6) is 17.2 Å². The summed E-state index contributed by atoms with van der Waals surface area (Å²) in [5, 5.41) is 35.0. The van der Waals surface area contributed by atoms with Crippen molar-refractivity contribution < 1.29 is 34.8 Å². The van der Waals surface area contributed by atoms with Crippen LogP contribution in [0.3, 0.4) is 0 Å². The van der Waals surface area contributed by atoms with Crippen LogP contribution in [-0.2, 0) is 9.53 Å². The predicted molar refractivity (Wildman–Crippen MR) is 68.4 cm³/mol. The highest BCUT2D eigenvalue weighted by atomic mass is 16.5. The van der Waals surface area contributed by atoms with Crippen molar-refractivity contribution in [1.82, 2.24) is 0 Å². The fourth-order valence-corrected chi connectivity index (χ4v) is 0.951. The molecule has 0 saturated heterocycles. The van der Waals surface area contributed by atoms with Crippen molar-refractivity contribution in [1.29, 1.82) is 0 Å². The second-order valence-corrected chi connectivity index (χ2v) is 3.41. The first-order valence-electron chi connectivity index (χ1n) is 5.30.